The van der Waals surface area contributed by atoms with Crippen LogP contribution in [-0.4, -0.2) is 17.6 Å². The third-order valence-corrected chi connectivity index (χ3v) is 3.48. The molecule has 1 amide bonds. The zero-order valence-corrected chi connectivity index (χ0v) is 12.2. The van der Waals surface area contributed by atoms with Gasteiger partial charge in [0.25, 0.3) is 5.91 Å². The fraction of sp³-hybridized carbons (Fsp3) is 0.188. The molecule has 5 heteroatoms. The number of aliphatic hydroxyl groups is 1. The van der Waals surface area contributed by atoms with Crippen molar-refractivity contribution in [1.29, 1.82) is 0 Å². The topological polar surface area (TPSA) is 49.3 Å². The minimum absolute atomic E-state index is 0.0268. The van der Waals surface area contributed by atoms with Crippen molar-refractivity contribution in [3.63, 3.8) is 0 Å². The summed E-state index contributed by atoms with van der Waals surface area (Å²) in [4.78, 5) is 12.0. The van der Waals surface area contributed by atoms with Crippen molar-refractivity contribution in [2.75, 3.05) is 6.54 Å². The van der Waals surface area contributed by atoms with E-state index < -0.39 is 6.10 Å². The Morgan fingerprint density at radius 2 is 2.05 bits per heavy atom. The van der Waals surface area contributed by atoms with E-state index in [0.717, 1.165) is 0 Å². The summed E-state index contributed by atoms with van der Waals surface area (Å²) in [5.74, 6) is -0.730. The van der Waals surface area contributed by atoms with Crippen LogP contribution in [0.4, 0.5) is 4.39 Å². The lowest BCUT2D eigenvalue weighted by atomic mass is 10.1. The summed E-state index contributed by atoms with van der Waals surface area (Å²) in [6.07, 6.45) is -0.899. The Bertz CT molecular complexity index is 660. The zero-order chi connectivity index (χ0) is 15.4. The van der Waals surface area contributed by atoms with Gasteiger partial charge in [-0.25, -0.2) is 4.39 Å². The predicted octanol–water partition coefficient (Wildman–Crippen LogP) is 3.25. The summed E-state index contributed by atoms with van der Waals surface area (Å²) in [5.41, 5.74) is 1.30. The van der Waals surface area contributed by atoms with Crippen LogP contribution in [0.2, 0.25) is 5.02 Å². The first kappa shape index (κ1) is 15.5. The molecule has 2 rings (SSSR count). The molecule has 0 aromatic heterocycles. The van der Waals surface area contributed by atoms with Crippen LogP contribution >= 0.6 is 11.6 Å². The largest absolute Gasteiger partial charge is 0.387 e. The van der Waals surface area contributed by atoms with Crippen LogP contribution in [-0.2, 0) is 0 Å². The number of benzene rings is 2. The van der Waals surface area contributed by atoms with E-state index in [1.165, 1.54) is 18.2 Å². The molecule has 110 valence electrons. The van der Waals surface area contributed by atoms with Gasteiger partial charge in [-0.05, 0) is 36.8 Å². The van der Waals surface area contributed by atoms with Gasteiger partial charge in [-0.1, -0.05) is 29.8 Å². The summed E-state index contributed by atoms with van der Waals surface area (Å²) in [7, 11) is 0. The van der Waals surface area contributed by atoms with Crippen molar-refractivity contribution in [3.8, 4) is 0 Å². The van der Waals surface area contributed by atoms with Gasteiger partial charge >= 0.3 is 0 Å². The van der Waals surface area contributed by atoms with Crippen LogP contribution in [0.3, 0.4) is 0 Å². The number of nitrogens with one attached hydrogen (secondary N) is 1. The summed E-state index contributed by atoms with van der Waals surface area (Å²) in [6, 6.07) is 11.0. The van der Waals surface area contributed by atoms with Crippen molar-refractivity contribution in [1.82, 2.24) is 5.32 Å². The number of carbonyl (C=O) groups excluding carboxylic acids is 1. The van der Waals surface area contributed by atoms with Gasteiger partial charge in [0.1, 0.15) is 5.82 Å². The quantitative estimate of drug-likeness (QED) is 0.911. The molecule has 0 spiro atoms. The maximum Gasteiger partial charge on any atom is 0.251 e. The second-order valence-corrected chi connectivity index (χ2v) is 5.12. The van der Waals surface area contributed by atoms with E-state index in [2.05, 4.69) is 5.32 Å². The highest BCUT2D eigenvalue weighted by Gasteiger charge is 2.13. The van der Waals surface area contributed by atoms with E-state index in [1.807, 2.05) is 0 Å². The van der Waals surface area contributed by atoms with Crippen molar-refractivity contribution in [2.24, 2.45) is 0 Å². The number of amides is 1. The van der Waals surface area contributed by atoms with E-state index in [0.29, 0.717) is 21.7 Å². The Hall–Kier alpha value is -1.91. The van der Waals surface area contributed by atoms with Crippen LogP contribution in [0.5, 0.6) is 0 Å². The summed E-state index contributed by atoms with van der Waals surface area (Å²) in [6.45, 7) is 1.61. The van der Waals surface area contributed by atoms with Gasteiger partial charge in [0, 0.05) is 22.7 Å². The molecule has 0 aliphatic carbocycles. The molecule has 2 aromatic rings. The first-order valence-electron chi connectivity index (χ1n) is 6.46. The van der Waals surface area contributed by atoms with Gasteiger partial charge in [0.2, 0.25) is 0 Å². The average Bonchev–Trinajstić information content (AvgIpc) is 2.47. The summed E-state index contributed by atoms with van der Waals surface area (Å²) in [5, 5.41) is 13.1. The molecule has 1 atom stereocenters. The van der Waals surface area contributed by atoms with Gasteiger partial charge in [-0.3, -0.25) is 4.79 Å². The van der Waals surface area contributed by atoms with E-state index >= 15 is 0 Å². The molecule has 0 heterocycles. The number of aryl methyl sites for hydroxylation is 1. The fourth-order valence-electron chi connectivity index (χ4n) is 1.93. The average molecular weight is 308 g/mol. The number of halogens is 2. The molecule has 2 aromatic carbocycles. The Balaban J connectivity index is 2.01. The van der Waals surface area contributed by atoms with E-state index in [-0.39, 0.29) is 18.3 Å². The number of carbonyl (C=O) groups is 1. The Labute approximate surface area is 127 Å². The highest BCUT2D eigenvalue weighted by molar-refractivity contribution is 6.31. The summed E-state index contributed by atoms with van der Waals surface area (Å²) >= 11 is 5.98. The van der Waals surface area contributed by atoms with Crippen LogP contribution in [0.15, 0.2) is 42.5 Å². The van der Waals surface area contributed by atoms with Gasteiger partial charge in [0.15, 0.2) is 0 Å². The third-order valence-electron chi connectivity index (χ3n) is 3.14. The monoisotopic (exact) mass is 307 g/mol. The Morgan fingerprint density at radius 1 is 1.33 bits per heavy atom. The number of rotatable bonds is 4. The first-order valence-corrected chi connectivity index (χ1v) is 6.83. The SMILES string of the molecule is Cc1cc(C(=O)NCC(O)c2ccccc2Cl)ccc1F. The Morgan fingerprint density at radius 3 is 2.71 bits per heavy atom. The van der Waals surface area contributed by atoms with Gasteiger partial charge < -0.3 is 10.4 Å². The van der Waals surface area contributed by atoms with Crippen LogP contribution < -0.4 is 5.32 Å². The lowest BCUT2D eigenvalue weighted by Crippen LogP contribution is -2.28. The van der Waals surface area contributed by atoms with Crippen molar-refractivity contribution in [3.05, 3.63) is 70.0 Å². The first-order chi connectivity index (χ1) is 9.99. The van der Waals surface area contributed by atoms with Crippen molar-refractivity contribution >= 4 is 17.5 Å². The van der Waals surface area contributed by atoms with E-state index in [9.17, 15) is 14.3 Å². The van der Waals surface area contributed by atoms with E-state index in [1.54, 1.807) is 31.2 Å². The fourth-order valence-corrected chi connectivity index (χ4v) is 2.19. The molecule has 1 unspecified atom stereocenters. The molecule has 0 bridgehead atoms. The Kier molecular flexibility index (Phi) is 4.94. The molecule has 2 N–H and O–H groups in total. The highest BCUT2D eigenvalue weighted by Crippen LogP contribution is 2.22. The molecular weight excluding hydrogens is 293 g/mol. The second kappa shape index (κ2) is 6.70. The maximum absolute atomic E-state index is 13.2. The predicted molar refractivity (Wildman–Crippen MR) is 79.9 cm³/mol. The lowest BCUT2D eigenvalue weighted by molar-refractivity contribution is 0.0916. The molecule has 0 aliphatic heterocycles. The maximum atomic E-state index is 13.2. The van der Waals surface area contributed by atoms with Crippen molar-refractivity contribution in [2.45, 2.75) is 13.0 Å². The summed E-state index contributed by atoms with van der Waals surface area (Å²) < 4.78 is 13.2. The smallest absolute Gasteiger partial charge is 0.251 e. The van der Waals surface area contributed by atoms with Crippen LogP contribution in [0, 0.1) is 12.7 Å². The molecule has 0 saturated carbocycles. The van der Waals surface area contributed by atoms with Crippen LogP contribution in [0.25, 0.3) is 0 Å². The second-order valence-electron chi connectivity index (χ2n) is 4.71. The lowest BCUT2D eigenvalue weighted by Gasteiger charge is -2.14. The standard InChI is InChI=1S/C16H15ClFNO2/c1-10-8-11(6-7-14(10)18)16(21)19-9-15(20)12-4-2-3-5-13(12)17/h2-8,15,20H,9H2,1H3,(H,19,21). The van der Waals surface area contributed by atoms with Gasteiger partial charge in [0.05, 0.1) is 6.10 Å². The molecule has 0 saturated heterocycles. The van der Waals surface area contributed by atoms with Crippen molar-refractivity contribution < 1.29 is 14.3 Å². The molecule has 21 heavy (non-hydrogen) atoms. The van der Waals surface area contributed by atoms with E-state index in [4.69, 9.17) is 11.6 Å². The highest BCUT2D eigenvalue weighted by atomic mass is 35.5. The van der Waals surface area contributed by atoms with Crippen LogP contribution in [0.1, 0.15) is 27.6 Å². The van der Waals surface area contributed by atoms with Gasteiger partial charge in [-0.2, -0.15) is 0 Å². The molecule has 0 fully saturated rings. The molecule has 3 nitrogen and oxygen atoms in total. The normalized spacial score (nSPS) is 12.0. The molecule has 0 aliphatic rings. The zero-order valence-electron chi connectivity index (χ0n) is 11.4. The third kappa shape index (κ3) is 3.80. The number of hydrogen-bond acceptors (Lipinski definition) is 2. The molecular formula is C16H15ClFNO2. The minimum Gasteiger partial charge on any atom is -0.387 e. The minimum atomic E-state index is -0.899. The van der Waals surface area contributed by atoms with Gasteiger partial charge in [-0.15, -0.1) is 0 Å². The number of aliphatic hydroxyl groups excluding tert-OH is 1. The molecule has 0 radical (unpaired) electrons. The number of hydrogen-bond donors (Lipinski definition) is 2.